The summed E-state index contributed by atoms with van der Waals surface area (Å²) in [6.45, 7) is 24.0. The van der Waals surface area contributed by atoms with Gasteiger partial charge in [-0.1, -0.05) is 31.6 Å². The van der Waals surface area contributed by atoms with Gasteiger partial charge in [0.25, 0.3) is 0 Å². The molecule has 3 atom stereocenters. The van der Waals surface area contributed by atoms with Gasteiger partial charge in [-0.2, -0.15) is 5.06 Å². The van der Waals surface area contributed by atoms with E-state index in [-0.39, 0.29) is 17.0 Å². The van der Waals surface area contributed by atoms with Crippen molar-refractivity contribution in [2.45, 2.75) is 118 Å². The molecule has 0 amide bonds. The molecule has 30 heavy (non-hydrogen) atoms. The zero-order valence-corrected chi connectivity index (χ0v) is 21.2. The Morgan fingerprint density at radius 1 is 1.17 bits per heavy atom. The number of allylic oxidation sites excluding steroid dienone is 2. The van der Waals surface area contributed by atoms with Gasteiger partial charge in [-0.05, 0) is 97.8 Å². The number of hydrogen-bond acceptors (Lipinski definition) is 3. The number of hydroxylamine groups is 2. The molecule has 3 heteroatoms. The number of fused-ring (bicyclic) bond motifs is 1. The number of carbonyl (C=O) groups excluding carboxylic acids is 1. The molecule has 3 aliphatic rings. The lowest BCUT2D eigenvalue weighted by atomic mass is 9.81. The van der Waals surface area contributed by atoms with E-state index in [9.17, 15) is 4.79 Å². The Labute approximate surface area is 186 Å². The van der Waals surface area contributed by atoms with E-state index in [4.69, 9.17) is 4.84 Å². The topological polar surface area (TPSA) is 29.5 Å². The van der Waals surface area contributed by atoms with Gasteiger partial charge >= 0.3 is 0 Å². The number of hydrogen-bond donors (Lipinski definition) is 0. The van der Waals surface area contributed by atoms with Crippen LogP contribution in [0.1, 0.15) is 101 Å². The molecule has 2 aliphatic carbocycles. The summed E-state index contributed by atoms with van der Waals surface area (Å²) in [5.74, 6) is 2.07. The highest BCUT2D eigenvalue weighted by molar-refractivity contribution is 5.50. The summed E-state index contributed by atoms with van der Waals surface area (Å²) < 4.78 is 0. The highest BCUT2D eigenvalue weighted by Gasteiger charge is 2.57. The maximum Gasteiger partial charge on any atom is 0.120 e. The number of piperidine rings is 1. The van der Waals surface area contributed by atoms with Gasteiger partial charge in [0.05, 0.1) is 5.60 Å². The van der Waals surface area contributed by atoms with E-state index >= 15 is 0 Å². The lowest BCUT2D eigenvalue weighted by molar-refractivity contribution is -0.335. The second kappa shape index (κ2) is 8.90. The van der Waals surface area contributed by atoms with Crippen molar-refractivity contribution in [1.29, 1.82) is 0 Å². The van der Waals surface area contributed by atoms with Crippen LogP contribution < -0.4 is 0 Å². The molecule has 3 nitrogen and oxygen atoms in total. The average molecular weight is 418 g/mol. The van der Waals surface area contributed by atoms with Crippen LogP contribution in [-0.2, 0) is 9.63 Å². The molecular formula is C27H47NO2. The molecule has 0 spiro atoms. The summed E-state index contributed by atoms with van der Waals surface area (Å²) in [6.07, 6.45) is 11.8. The Kier molecular flexibility index (Phi) is 7.52. The minimum Gasteiger partial charge on any atom is -0.303 e. The quantitative estimate of drug-likeness (QED) is 0.340. The summed E-state index contributed by atoms with van der Waals surface area (Å²) >= 11 is 0. The Balaban J connectivity index is 0.000000263. The summed E-state index contributed by atoms with van der Waals surface area (Å²) in [4.78, 5) is 17.3. The molecule has 0 aromatic rings. The number of carbonyl (C=O) groups is 1. The normalized spacial score (nSPS) is 30.1. The molecule has 0 aromatic carbocycles. The van der Waals surface area contributed by atoms with Crippen molar-refractivity contribution in [3.63, 3.8) is 0 Å². The van der Waals surface area contributed by atoms with Crippen molar-refractivity contribution in [3.8, 4) is 0 Å². The fourth-order valence-electron chi connectivity index (χ4n) is 5.78. The Bertz CT molecular complexity index is 640. The van der Waals surface area contributed by atoms with Gasteiger partial charge in [0.2, 0.25) is 0 Å². The van der Waals surface area contributed by atoms with E-state index in [1.807, 2.05) is 19.9 Å². The number of aldehydes is 1. The largest absolute Gasteiger partial charge is 0.303 e. The van der Waals surface area contributed by atoms with Crippen LogP contribution in [0.15, 0.2) is 24.3 Å². The van der Waals surface area contributed by atoms with Crippen LogP contribution in [0.25, 0.3) is 0 Å². The minimum absolute atomic E-state index is 0.00587. The van der Waals surface area contributed by atoms with Crippen molar-refractivity contribution in [1.82, 2.24) is 5.06 Å². The first kappa shape index (κ1) is 25.3. The van der Waals surface area contributed by atoms with Crippen molar-refractivity contribution >= 4 is 6.29 Å². The zero-order chi connectivity index (χ0) is 23.0. The molecule has 172 valence electrons. The minimum atomic E-state index is -0.436. The van der Waals surface area contributed by atoms with Crippen LogP contribution in [0.3, 0.4) is 0 Å². The van der Waals surface area contributed by atoms with Gasteiger partial charge < -0.3 is 4.79 Å². The van der Waals surface area contributed by atoms with Gasteiger partial charge in [-0.3, -0.25) is 4.84 Å². The van der Waals surface area contributed by atoms with Crippen LogP contribution in [0.5, 0.6) is 0 Å². The first-order valence-corrected chi connectivity index (χ1v) is 11.9. The molecule has 0 aromatic heterocycles. The lowest BCUT2D eigenvalue weighted by Gasteiger charge is -2.54. The molecule has 0 unspecified atom stereocenters. The van der Waals surface area contributed by atoms with Crippen molar-refractivity contribution in [2.24, 2.45) is 23.2 Å². The molecule has 1 aliphatic heterocycles. The molecule has 0 N–H and O–H groups in total. The third kappa shape index (κ3) is 5.46. The zero-order valence-electron chi connectivity index (χ0n) is 21.2. The summed E-state index contributed by atoms with van der Waals surface area (Å²) in [7, 11) is 0. The number of nitrogens with zero attached hydrogens (tertiary/aromatic N) is 1. The summed E-state index contributed by atoms with van der Waals surface area (Å²) in [5.41, 5.74) is 1.87. The van der Waals surface area contributed by atoms with Crippen LogP contribution >= 0.6 is 0 Å². The molecule has 1 saturated heterocycles. The van der Waals surface area contributed by atoms with Crippen LogP contribution in [0, 0.1) is 23.2 Å². The smallest absolute Gasteiger partial charge is 0.120 e. The van der Waals surface area contributed by atoms with Crippen molar-refractivity contribution in [3.05, 3.63) is 24.3 Å². The van der Waals surface area contributed by atoms with E-state index in [1.165, 1.54) is 19.3 Å². The van der Waals surface area contributed by atoms with Gasteiger partial charge in [0.1, 0.15) is 6.29 Å². The molecule has 0 radical (unpaired) electrons. The highest BCUT2D eigenvalue weighted by atomic mass is 16.7. The Morgan fingerprint density at radius 2 is 1.73 bits per heavy atom. The van der Waals surface area contributed by atoms with E-state index in [0.717, 1.165) is 31.0 Å². The third-order valence-corrected chi connectivity index (χ3v) is 8.08. The monoisotopic (exact) mass is 417 g/mol. The highest BCUT2D eigenvalue weighted by Crippen LogP contribution is 2.64. The van der Waals surface area contributed by atoms with Crippen molar-refractivity contribution in [2.75, 3.05) is 0 Å². The Morgan fingerprint density at radius 3 is 2.17 bits per heavy atom. The molecular weight excluding hydrogens is 370 g/mol. The number of rotatable bonds is 6. The molecule has 1 saturated carbocycles. The van der Waals surface area contributed by atoms with Gasteiger partial charge in [-0.25, -0.2) is 0 Å². The summed E-state index contributed by atoms with van der Waals surface area (Å²) in [5, 5.41) is 2.16. The maximum atomic E-state index is 10.9. The van der Waals surface area contributed by atoms with Crippen LogP contribution in [0.4, 0.5) is 0 Å². The predicted octanol–water partition coefficient (Wildman–Crippen LogP) is 7.13. The first-order chi connectivity index (χ1) is 13.7. The van der Waals surface area contributed by atoms with E-state index in [1.54, 1.807) is 5.57 Å². The van der Waals surface area contributed by atoms with E-state index in [0.29, 0.717) is 11.8 Å². The van der Waals surface area contributed by atoms with Crippen LogP contribution in [-0.4, -0.2) is 28.0 Å². The molecule has 0 bridgehead atoms. The SMILES string of the molecule is C=C[C@@H](CC=O)C(C)(C)ON1C(C)(C)CCCC1(C)C.CC1=CC[C@@H]2[C@H](C1)C2(C)C. The van der Waals surface area contributed by atoms with Gasteiger partial charge in [-0.15, -0.1) is 6.58 Å². The lowest BCUT2D eigenvalue weighted by Crippen LogP contribution is -2.61. The predicted molar refractivity (Wildman–Crippen MR) is 127 cm³/mol. The fourth-order valence-corrected chi connectivity index (χ4v) is 5.78. The first-order valence-electron chi connectivity index (χ1n) is 11.9. The second-order valence-electron chi connectivity index (χ2n) is 12.2. The van der Waals surface area contributed by atoms with Gasteiger partial charge in [0.15, 0.2) is 0 Å². The van der Waals surface area contributed by atoms with Gasteiger partial charge in [0, 0.05) is 23.4 Å². The fraction of sp³-hybridized carbons (Fsp3) is 0.815. The second-order valence-corrected chi connectivity index (χ2v) is 12.2. The van der Waals surface area contributed by atoms with E-state index in [2.05, 4.69) is 66.2 Å². The van der Waals surface area contributed by atoms with Crippen LogP contribution in [0.2, 0.25) is 0 Å². The molecule has 3 rings (SSSR count). The van der Waals surface area contributed by atoms with Crippen molar-refractivity contribution < 1.29 is 9.63 Å². The maximum absolute atomic E-state index is 10.9. The molecule has 2 fully saturated rings. The molecule has 1 heterocycles. The van der Waals surface area contributed by atoms with E-state index < -0.39 is 5.60 Å². The third-order valence-electron chi connectivity index (χ3n) is 8.08. The summed E-state index contributed by atoms with van der Waals surface area (Å²) in [6, 6.07) is 0. The Hall–Kier alpha value is -0.930. The standard InChI is InChI=1S/C17H31NO2.C10H16/c1-8-14(10-13-19)17(6,7)20-18-15(2,3)11-9-12-16(18,4)5;1-7-4-5-8-9(6-7)10(8,2)3/h8,13-14H,1,9-12H2,2-7H3;4,8-9H,5-6H2,1-3H3/t14-;8-,9+/m01/s1. The average Bonchev–Trinajstić information content (AvgIpc) is 3.16.